The molecule has 0 saturated carbocycles. The van der Waals surface area contributed by atoms with Crippen molar-refractivity contribution >= 4 is 0 Å². The van der Waals surface area contributed by atoms with Gasteiger partial charge in [0.1, 0.15) is 0 Å². The van der Waals surface area contributed by atoms with Crippen LogP contribution in [-0.2, 0) is 12.0 Å². The smallest absolute Gasteiger partial charge is 0.168 e. The molecule has 0 aliphatic rings. The Balaban J connectivity index is 2.35. The molecule has 0 fully saturated rings. The van der Waals surface area contributed by atoms with E-state index in [9.17, 15) is 9.50 Å². The second-order valence-corrected chi connectivity index (χ2v) is 5.08. The first-order valence-electron chi connectivity index (χ1n) is 6.52. The number of nitrogens with zero attached hydrogens (tertiary/aromatic N) is 1. The Kier molecular flexibility index (Phi) is 4.25. The van der Waals surface area contributed by atoms with Crippen LogP contribution in [0.1, 0.15) is 23.6 Å². The third kappa shape index (κ3) is 3.21. The van der Waals surface area contributed by atoms with E-state index in [1.807, 2.05) is 6.07 Å². The Bertz CT molecular complexity index is 689. The maximum Gasteiger partial charge on any atom is 0.168 e. The molecule has 1 N–H and O–H groups in total. The van der Waals surface area contributed by atoms with Crippen LogP contribution in [0, 0.1) is 17.1 Å². The van der Waals surface area contributed by atoms with E-state index in [0.29, 0.717) is 16.7 Å². The predicted octanol–water partition coefficient (Wildman–Crippen LogP) is 3.16. The lowest BCUT2D eigenvalue weighted by molar-refractivity contribution is 0.0565. The van der Waals surface area contributed by atoms with E-state index in [-0.39, 0.29) is 12.2 Å². The third-order valence-electron chi connectivity index (χ3n) is 3.41. The van der Waals surface area contributed by atoms with Gasteiger partial charge in [-0.1, -0.05) is 24.3 Å². The van der Waals surface area contributed by atoms with Gasteiger partial charge in [0.2, 0.25) is 0 Å². The maximum atomic E-state index is 14.2. The number of halogens is 1. The monoisotopic (exact) mass is 285 g/mol. The van der Waals surface area contributed by atoms with Gasteiger partial charge in [0, 0.05) is 6.42 Å². The van der Waals surface area contributed by atoms with Crippen molar-refractivity contribution in [2.75, 3.05) is 7.11 Å². The molecule has 0 radical (unpaired) electrons. The molecule has 3 nitrogen and oxygen atoms in total. The summed E-state index contributed by atoms with van der Waals surface area (Å²) in [5, 5.41) is 19.6. The first-order valence-corrected chi connectivity index (χ1v) is 6.52. The molecule has 0 saturated heterocycles. The standard InChI is InChI=1S/C17H16FNO2/c1-17(20,14-7-3-5-12(9-14)11-19)10-13-6-4-8-15(21-2)16(13)18/h3-9,20H,10H2,1-2H3. The minimum atomic E-state index is -1.28. The largest absolute Gasteiger partial charge is 0.494 e. The summed E-state index contributed by atoms with van der Waals surface area (Å²) in [6.07, 6.45) is 0.0882. The molecule has 2 aromatic carbocycles. The molecule has 4 heteroatoms. The molecule has 1 atom stereocenters. The van der Waals surface area contributed by atoms with Gasteiger partial charge in [-0.15, -0.1) is 0 Å². The number of nitriles is 1. The summed E-state index contributed by atoms with van der Waals surface area (Å²) in [5.74, 6) is -0.328. The van der Waals surface area contributed by atoms with Crippen molar-refractivity contribution in [3.8, 4) is 11.8 Å². The number of hydrogen-bond acceptors (Lipinski definition) is 3. The van der Waals surface area contributed by atoms with E-state index in [4.69, 9.17) is 10.00 Å². The summed E-state index contributed by atoms with van der Waals surface area (Å²) < 4.78 is 19.1. The number of aliphatic hydroxyl groups is 1. The lowest BCUT2D eigenvalue weighted by Crippen LogP contribution is -2.25. The highest BCUT2D eigenvalue weighted by Gasteiger charge is 2.26. The molecule has 21 heavy (non-hydrogen) atoms. The SMILES string of the molecule is COc1cccc(CC(C)(O)c2cccc(C#N)c2)c1F. The van der Waals surface area contributed by atoms with Crippen molar-refractivity contribution in [3.63, 3.8) is 0 Å². The van der Waals surface area contributed by atoms with Crippen molar-refractivity contribution in [1.82, 2.24) is 0 Å². The second kappa shape index (κ2) is 5.94. The highest BCUT2D eigenvalue weighted by molar-refractivity contribution is 5.37. The number of benzene rings is 2. The summed E-state index contributed by atoms with van der Waals surface area (Å²) in [6.45, 7) is 1.60. The zero-order chi connectivity index (χ0) is 15.5. The fraction of sp³-hybridized carbons (Fsp3) is 0.235. The first kappa shape index (κ1) is 15.0. The fourth-order valence-corrected chi connectivity index (χ4v) is 2.25. The Morgan fingerprint density at radius 3 is 2.67 bits per heavy atom. The van der Waals surface area contributed by atoms with Crippen LogP contribution in [0.15, 0.2) is 42.5 Å². The molecule has 1 unspecified atom stereocenters. The van der Waals surface area contributed by atoms with E-state index in [1.54, 1.807) is 43.3 Å². The maximum absolute atomic E-state index is 14.2. The average Bonchev–Trinajstić information content (AvgIpc) is 2.49. The van der Waals surface area contributed by atoms with Gasteiger partial charge in [0.15, 0.2) is 11.6 Å². The van der Waals surface area contributed by atoms with Crippen molar-refractivity contribution in [3.05, 3.63) is 65.0 Å². The molecule has 2 aromatic rings. The summed E-state index contributed by atoms with van der Waals surface area (Å²) in [7, 11) is 1.40. The molecular weight excluding hydrogens is 269 g/mol. The molecule has 0 amide bonds. The van der Waals surface area contributed by atoms with Gasteiger partial charge in [0.05, 0.1) is 24.3 Å². The van der Waals surface area contributed by atoms with E-state index < -0.39 is 11.4 Å². The molecule has 0 spiro atoms. The fourth-order valence-electron chi connectivity index (χ4n) is 2.25. The van der Waals surface area contributed by atoms with Crippen LogP contribution in [0.3, 0.4) is 0 Å². The zero-order valence-corrected chi connectivity index (χ0v) is 11.9. The van der Waals surface area contributed by atoms with Gasteiger partial charge < -0.3 is 9.84 Å². The quantitative estimate of drug-likeness (QED) is 0.938. The van der Waals surface area contributed by atoms with Crippen LogP contribution in [-0.4, -0.2) is 12.2 Å². The van der Waals surface area contributed by atoms with Crippen LogP contribution in [0.4, 0.5) is 4.39 Å². The van der Waals surface area contributed by atoms with Gasteiger partial charge >= 0.3 is 0 Å². The summed E-state index contributed by atoms with van der Waals surface area (Å²) in [4.78, 5) is 0. The highest BCUT2D eigenvalue weighted by Crippen LogP contribution is 2.29. The summed E-state index contributed by atoms with van der Waals surface area (Å²) in [6, 6.07) is 13.5. The van der Waals surface area contributed by atoms with Crippen LogP contribution in [0.2, 0.25) is 0 Å². The van der Waals surface area contributed by atoms with Gasteiger partial charge in [-0.2, -0.15) is 5.26 Å². The van der Waals surface area contributed by atoms with Crippen LogP contribution in [0.5, 0.6) is 5.75 Å². The van der Waals surface area contributed by atoms with Crippen molar-refractivity contribution in [2.24, 2.45) is 0 Å². The van der Waals surface area contributed by atoms with Crippen molar-refractivity contribution < 1.29 is 14.2 Å². The first-order chi connectivity index (χ1) is 9.97. The van der Waals surface area contributed by atoms with Gasteiger partial charge in [0.25, 0.3) is 0 Å². The predicted molar refractivity (Wildman–Crippen MR) is 77.4 cm³/mol. The van der Waals surface area contributed by atoms with Crippen molar-refractivity contribution in [2.45, 2.75) is 18.9 Å². The van der Waals surface area contributed by atoms with Gasteiger partial charge in [-0.3, -0.25) is 0 Å². The minimum Gasteiger partial charge on any atom is -0.494 e. The highest BCUT2D eigenvalue weighted by atomic mass is 19.1. The minimum absolute atomic E-state index is 0.0882. The Morgan fingerprint density at radius 2 is 2.00 bits per heavy atom. The number of hydrogen-bond donors (Lipinski definition) is 1. The lowest BCUT2D eigenvalue weighted by atomic mass is 9.88. The second-order valence-electron chi connectivity index (χ2n) is 5.08. The molecule has 0 aliphatic heterocycles. The Hall–Kier alpha value is -2.38. The molecule has 0 bridgehead atoms. The normalized spacial score (nSPS) is 13.3. The van der Waals surface area contributed by atoms with Crippen LogP contribution >= 0.6 is 0 Å². The van der Waals surface area contributed by atoms with Gasteiger partial charge in [-0.05, 0) is 36.2 Å². The number of rotatable bonds is 4. The molecule has 2 rings (SSSR count). The van der Waals surface area contributed by atoms with Gasteiger partial charge in [-0.25, -0.2) is 4.39 Å². The summed E-state index contributed by atoms with van der Waals surface area (Å²) in [5.41, 5.74) is 0.115. The van der Waals surface area contributed by atoms with E-state index in [2.05, 4.69) is 0 Å². The molecule has 0 aliphatic carbocycles. The lowest BCUT2D eigenvalue weighted by Gasteiger charge is -2.24. The number of ether oxygens (including phenoxy) is 1. The zero-order valence-electron chi connectivity index (χ0n) is 11.9. The summed E-state index contributed by atoms with van der Waals surface area (Å²) >= 11 is 0. The van der Waals surface area contributed by atoms with E-state index in [0.717, 1.165) is 0 Å². The number of methoxy groups -OCH3 is 1. The average molecular weight is 285 g/mol. The van der Waals surface area contributed by atoms with Crippen molar-refractivity contribution in [1.29, 1.82) is 5.26 Å². The molecule has 0 aromatic heterocycles. The van der Waals surface area contributed by atoms with E-state index >= 15 is 0 Å². The molecule has 108 valence electrons. The van der Waals surface area contributed by atoms with E-state index in [1.165, 1.54) is 13.2 Å². The Labute approximate surface area is 123 Å². The third-order valence-corrected chi connectivity index (χ3v) is 3.41. The molecular formula is C17H16FNO2. The van der Waals surface area contributed by atoms with Crippen LogP contribution in [0.25, 0.3) is 0 Å². The van der Waals surface area contributed by atoms with Crippen LogP contribution < -0.4 is 4.74 Å². The Morgan fingerprint density at radius 1 is 1.29 bits per heavy atom. The topological polar surface area (TPSA) is 53.2 Å². The molecule has 0 heterocycles.